The molecule has 0 aliphatic heterocycles. The van der Waals surface area contributed by atoms with Gasteiger partial charge >= 0.3 is 5.70 Å². The lowest BCUT2D eigenvalue weighted by atomic mass is 10.0. The van der Waals surface area contributed by atoms with Crippen LogP contribution in [0.3, 0.4) is 0 Å². The Bertz CT molecular complexity index is 496. The van der Waals surface area contributed by atoms with Crippen molar-refractivity contribution in [1.82, 2.24) is 0 Å². The van der Waals surface area contributed by atoms with Crippen LogP contribution < -0.4 is 0 Å². The van der Waals surface area contributed by atoms with E-state index in [2.05, 4.69) is 0 Å². The Morgan fingerprint density at radius 3 is 2.12 bits per heavy atom. The van der Waals surface area contributed by atoms with Crippen molar-refractivity contribution in [2.75, 3.05) is 0 Å². The molecular formula is C12H11NO4. The molecule has 0 saturated heterocycles. The number of nitrogens with zero attached hydrogens (tertiary/aromatic N) is 1. The molecule has 0 fully saturated rings. The number of nitro groups is 1. The third-order valence-electron chi connectivity index (χ3n) is 2.18. The lowest BCUT2D eigenvalue weighted by Gasteiger charge is -2.00. The number of allylic oxidation sites excluding steroid dienone is 2. The van der Waals surface area contributed by atoms with Crippen molar-refractivity contribution in [2.45, 2.75) is 13.8 Å². The quantitative estimate of drug-likeness (QED) is 0.263. The third-order valence-corrected chi connectivity index (χ3v) is 2.18. The molecule has 0 heterocycles. The highest BCUT2D eigenvalue weighted by atomic mass is 16.6. The van der Waals surface area contributed by atoms with E-state index in [0.717, 1.165) is 0 Å². The first-order valence-electron chi connectivity index (χ1n) is 4.89. The second kappa shape index (κ2) is 5.16. The van der Waals surface area contributed by atoms with Crippen molar-refractivity contribution < 1.29 is 14.5 Å². The second-order valence-electron chi connectivity index (χ2n) is 3.67. The average Bonchev–Trinajstić information content (AvgIpc) is 2.28. The van der Waals surface area contributed by atoms with Gasteiger partial charge in [0.2, 0.25) is 0 Å². The summed E-state index contributed by atoms with van der Waals surface area (Å²) in [7, 11) is 0. The highest BCUT2D eigenvalue weighted by molar-refractivity contribution is 6.07. The molecule has 1 rings (SSSR count). The van der Waals surface area contributed by atoms with Gasteiger partial charge in [0.1, 0.15) is 6.29 Å². The number of aldehydes is 1. The van der Waals surface area contributed by atoms with Crippen LogP contribution >= 0.6 is 0 Å². The molecule has 17 heavy (non-hydrogen) atoms. The standard InChI is InChI=1S/C12H11NO4/c1-8(2)11(13(16)17)12(15)10-5-3-9(7-14)4-6-10/h3-7H,1-2H3. The molecule has 88 valence electrons. The molecule has 5 nitrogen and oxygen atoms in total. The average molecular weight is 233 g/mol. The molecule has 0 aliphatic carbocycles. The first-order chi connectivity index (χ1) is 7.97. The number of carbonyl (C=O) groups excluding carboxylic acids is 2. The van der Waals surface area contributed by atoms with Crippen molar-refractivity contribution in [3.8, 4) is 0 Å². The van der Waals surface area contributed by atoms with Crippen molar-refractivity contribution in [3.05, 3.63) is 56.8 Å². The topological polar surface area (TPSA) is 77.3 Å². The number of carbonyl (C=O) groups is 2. The summed E-state index contributed by atoms with van der Waals surface area (Å²) < 4.78 is 0. The smallest absolute Gasteiger partial charge is 0.298 e. The minimum Gasteiger partial charge on any atom is -0.298 e. The molecule has 0 saturated carbocycles. The summed E-state index contributed by atoms with van der Waals surface area (Å²) in [6.45, 7) is 3.02. The molecule has 0 aliphatic rings. The molecule has 1 aromatic rings. The lowest BCUT2D eigenvalue weighted by Crippen LogP contribution is -2.13. The van der Waals surface area contributed by atoms with Crippen molar-refractivity contribution in [2.24, 2.45) is 0 Å². The Labute approximate surface area is 97.9 Å². The van der Waals surface area contributed by atoms with Crippen molar-refractivity contribution in [1.29, 1.82) is 0 Å². The van der Waals surface area contributed by atoms with Gasteiger partial charge in [-0.3, -0.25) is 19.7 Å². The maximum absolute atomic E-state index is 11.8. The monoisotopic (exact) mass is 233 g/mol. The third kappa shape index (κ3) is 2.84. The van der Waals surface area contributed by atoms with Crippen LogP contribution in [0.1, 0.15) is 34.6 Å². The lowest BCUT2D eigenvalue weighted by molar-refractivity contribution is -0.417. The van der Waals surface area contributed by atoms with Crippen LogP contribution in [0, 0.1) is 10.1 Å². The largest absolute Gasteiger partial charge is 0.315 e. The van der Waals surface area contributed by atoms with Gasteiger partial charge in [-0.15, -0.1) is 0 Å². The molecule has 0 bridgehead atoms. The Morgan fingerprint density at radius 2 is 1.76 bits per heavy atom. The Kier molecular flexibility index (Phi) is 3.87. The van der Waals surface area contributed by atoms with Crippen molar-refractivity contribution >= 4 is 12.1 Å². The Balaban J connectivity index is 3.15. The summed E-state index contributed by atoms with van der Waals surface area (Å²) in [5.74, 6) is -0.646. The van der Waals surface area contributed by atoms with E-state index in [9.17, 15) is 19.7 Å². The molecule has 0 radical (unpaired) electrons. The number of hydrogen-bond donors (Lipinski definition) is 0. The maximum Gasteiger partial charge on any atom is 0.315 e. The van der Waals surface area contributed by atoms with Crippen LogP contribution in [0.5, 0.6) is 0 Å². The molecular weight excluding hydrogens is 222 g/mol. The number of ketones is 1. The molecule has 0 atom stereocenters. The number of Topliss-reactive ketones (excluding diaryl/α,β-unsaturated/α-hetero) is 1. The van der Waals surface area contributed by atoms with Crippen LogP contribution in [0.25, 0.3) is 0 Å². The van der Waals surface area contributed by atoms with Crippen molar-refractivity contribution in [3.63, 3.8) is 0 Å². The maximum atomic E-state index is 11.8. The van der Waals surface area contributed by atoms with Gasteiger partial charge in [-0.2, -0.15) is 0 Å². The fourth-order valence-corrected chi connectivity index (χ4v) is 1.34. The van der Waals surface area contributed by atoms with E-state index in [0.29, 0.717) is 17.4 Å². The molecule has 5 heteroatoms. The van der Waals surface area contributed by atoms with Crippen LogP contribution in [-0.4, -0.2) is 17.0 Å². The molecule has 0 spiro atoms. The van der Waals surface area contributed by atoms with Gasteiger partial charge in [0.25, 0.3) is 5.78 Å². The van der Waals surface area contributed by atoms with E-state index >= 15 is 0 Å². The molecule has 0 aromatic heterocycles. The molecule has 0 N–H and O–H groups in total. The van der Waals surface area contributed by atoms with Gasteiger partial charge in [0.15, 0.2) is 0 Å². The predicted octanol–water partition coefficient (Wildman–Crippen LogP) is 2.25. The van der Waals surface area contributed by atoms with Crippen LogP contribution in [0.2, 0.25) is 0 Å². The fraction of sp³-hybridized carbons (Fsp3) is 0.167. The predicted molar refractivity (Wildman–Crippen MR) is 61.5 cm³/mol. The highest BCUT2D eigenvalue weighted by Crippen LogP contribution is 2.13. The van der Waals surface area contributed by atoms with Gasteiger partial charge < -0.3 is 0 Å². The van der Waals surface area contributed by atoms with Crippen LogP contribution in [0.15, 0.2) is 35.5 Å². The summed E-state index contributed by atoms with van der Waals surface area (Å²) >= 11 is 0. The van der Waals surface area contributed by atoms with E-state index in [4.69, 9.17) is 0 Å². The molecule has 0 amide bonds. The zero-order valence-corrected chi connectivity index (χ0v) is 9.47. The van der Waals surface area contributed by atoms with E-state index in [1.807, 2.05) is 0 Å². The van der Waals surface area contributed by atoms with E-state index in [-0.39, 0.29) is 5.56 Å². The van der Waals surface area contributed by atoms with E-state index < -0.39 is 16.4 Å². The minimum absolute atomic E-state index is 0.198. The summed E-state index contributed by atoms with van der Waals surface area (Å²) in [6, 6.07) is 5.70. The first-order valence-corrected chi connectivity index (χ1v) is 4.89. The van der Waals surface area contributed by atoms with Gasteiger partial charge in [-0.1, -0.05) is 24.3 Å². The Hall–Kier alpha value is -2.30. The SMILES string of the molecule is CC(C)=C(C(=O)c1ccc(C=O)cc1)[N+](=O)[O-]. The Morgan fingerprint density at radius 1 is 1.24 bits per heavy atom. The number of benzene rings is 1. The minimum atomic E-state index is -0.689. The van der Waals surface area contributed by atoms with Gasteiger partial charge in [-0.05, 0) is 13.8 Å². The zero-order valence-electron chi connectivity index (χ0n) is 9.47. The summed E-state index contributed by atoms with van der Waals surface area (Å²) in [5.41, 5.74) is 0.535. The molecule has 0 unspecified atom stereocenters. The zero-order chi connectivity index (χ0) is 13.0. The van der Waals surface area contributed by atoms with Crippen LogP contribution in [-0.2, 0) is 0 Å². The fourth-order valence-electron chi connectivity index (χ4n) is 1.34. The highest BCUT2D eigenvalue weighted by Gasteiger charge is 2.24. The summed E-state index contributed by atoms with van der Waals surface area (Å²) in [5, 5.41) is 10.7. The van der Waals surface area contributed by atoms with Gasteiger partial charge in [0, 0.05) is 16.7 Å². The van der Waals surface area contributed by atoms with Gasteiger partial charge in [0.05, 0.1) is 4.92 Å². The van der Waals surface area contributed by atoms with E-state index in [1.165, 1.54) is 38.1 Å². The summed E-state index contributed by atoms with van der Waals surface area (Å²) in [6.07, 6.45) is 0.642. The van der Waals surface area contributed by atoms with E-state index in [1.54, 1.807) is 0 Å². The first kappa shape index (κ1) is 12.8. The number of rotatable bonds is 4. The van der Waals surface area contributed by atoms with Gasteiger partial charge in [-0.25, -0.2) is 0 Å². The second-order valence-corrected chi connectivity index (χ2v) is 3.67. The van der Waals surface area contributed by atoms with Crippen LogP contribution in [0.4, 0.5) is 0 Å². The summed E-state index contributed by atoms with van der Waals surface area (Å²) in [4.78, 5) is 32.3. The number of hydrogen-bond acceptors (Lipinski definition) is 4. The normalized spacial score (nSPS) is 9.53. The molecule has 1 aromatic carbocycles.